The van der Waals surface area contributed by atoms with E-state index in [-0.39, 0.29) is 24.5 Å². The predicted octanol–water partition coefficient (Wildman–Crippen LogP) is 2.88. The summed E-state index contributed by atoms with van der Waals surface area (Å²) in [6.45, 7) is 1.42. The van der Waals surface area contributed by atoms with Gasteiger partial charge in [0, 0.05) is 17.1 Å². The predicted molar refractivity (Wildman–Crippen MR) is 96.6 cm³/mol. The average Bonchev–Trinajstić information content (AvgIpc) is 2.67. The third-order valence-corrected chi connectivity index (χ3v) is 4.71. The summed E-state index contributed by atoms with van der Waals surface area (Å²) >= 11 is 5.93. The van der Waals surface area contributed by atoms with Gasteiger partial charge in [-0.2, -0.15) is 0 Å². The van der Waals surface area contributed by atoms with E-state index in [1.54, 1.807) is 23.1 Å². The molecule has 0 bridgehead atoms. The van der Waals surface area contributed by atoms with Crippen LogP contribution in [0.25, 0.3) is 0 Å². The minimum atomic E-state index is -0.199. The Morgan fingerprint density at radius 3 is 2.81 bits per heavy atom. The van der Waals surface area contributed by atoms with E-state index in [4.69, 9.17) is 21.1 Å². The number of hydrogen-bond donors (Lipinski definition) is 1. The number of carbonyl (C=O) groups is 2. The van der Waals surface area contributed by atoms with E-state index in [2.05, 4.69) is 5.32 Å². The molecular formula is C19H17ClN2O4. The Labute approximate surface area is 155 Å². The van der Waals surface area contributed by atoms with E-state index in [0.717, 1.165) is 5.56 Å². The van der Waals surface area contributed by atoms with Crippen LogP contribution in [0.1, 0.15) is 22.0 Å². The highest BCUT2D eigenvalue weighted by molar-refractivity contribution is 6.30. The number of hydrogen-bond acceptors (Lipinski definition) is 4. The molecule has 26 heavy (non-hydrogen) atoms. The number of nitrogens with one attached hydrogen (secondary N) is 1. The standard InChI is InChI=1S/C19H17ClN2O4/c20-14-4-1-12(2-5-14)17-10-22(7-8-25-17)19(24)13-3-6-15-16(9-13)26-11-18(23)21-15/h1-6,9,17H,7-8,10-11H2,(H,21,23)/t17-/m1/s1. The first kappa shape index (κ1) is 16.9. The SMILES string of the molecule is O=C1COc2cc(C(=O)N3CCO[C@@H](c4ccc(Cl)cc4)C3)ccc2N1. The molecule has 1 saturated heterocycles. The van der Waals surface area contributed by atoms with Crippen molar-refractivity contribution in [3.8, 4) is 5.75 Å². The van der Waals surface area contributed by atoms with Crippen molar-refractivity contribution in [3.63, 3.8) is 0 Å². The van der Waals surface area contributed by atoms with E-state index < -0.39 is 0 Å². The summed E-state index contributed by atoms with van der Waals surface area (Å²) in [6, 6.07) is 12.5. The zero-order valence-electron chi connectivity index (χ0n) is 13.9. The number of rotatable bonds is 2. The monoisotopic (exact) mass is 372 g/mol. The van der Waals surface area contributed by atoms with E-state index >= 15 is 0 Å². The maximum atomic E-state index is 12.9. The summed E-state index contributed by atoms with van der Waals surface area (Å²) in [5, 5.41) is 3.38. The molecule has 0 aliphatic carbocycles. The molecule has 2 aliphatic rings. The van der Waals surface area contributed by atoms with Crippen LogP contribution < -0.4 is 10.1 Å². The Kier molecular flexibility index (Phi) is 4.53. The van der Waals surface area contributed by atoms with Crippen molar-refractivity contribution >= 4 is 29.1 Å². The number of anilines is 1. The molecule has 1 fully saturated rings. The van der Waals surface area contributed by atoms with Crippen molar-refractivity contribution in [3.05, 3.63) is 58.6 Å². The molecule has 1 N–H and O–H groups in total. The van der Waals surface area contributed by atoms with Crippen LogP contribution >= 0.6 is 11.6 Å². The third-order valence-electron chi connectivity index (χ3n) is 4.46. The molecule has 2 heterocycles. The second kappa shape index (κ2) is 6.97. The lowest BCUT2D eigenvalue weighted by Crippen LogP contribution is -2.42. The molecule has 2 aromatic carbocycles. The molecule has 0 saturated carbocycles. The fourth-order valence-electron chi connectivity index (χ4n) is 3.10. The zero-order valence-corrected chi connectivity index (χ0v) is 14.7. The second-order valence-corrected chi connectivity index (χ2v) is 6.65. The summed E-state index contributed by atoms with van der Waals surface area (Å²) in [7, 11) is 0. The number of fused-ring (bicyclic) bond motifs is 1. The molecule has 2 amide bonds. The summed E-state index contributed by atoms with van der Waals surface area (Å²) < 4.78 is 11.2. The van der Waals surface area contributed by atoms with Crippen molar-refractivity contribution in [1.82, 2.24) is 4.90 Å². The molecule has 0 aromatic heterocycles. The molecule has 2 aromatic rings. The molecule has 0 unspecified atom stereocenters. The first-order chi connectivity index (χ1) is 12.6. The van der Waals surface area contributed by atoms with Crippen molar-refractivity contribution in [1.29, 1.82) is 0 Å². The Hall–Kier alpha value is -2.57. The Morgan fingerprint density at radius 1 is 1.19 bits per heavy atom. The lowest BCUT2D eigenvalue weighted by molar-refractivity contribution is -0.118. The van der Waals surface area contributed by atoms with E-state index in [1.165, 1.54) is 0 Å². The van der Waals surface area contributed by atoms with Crippen LogP contribution in [0.4, 0.5) is 5.69 Å². The number of morpholine rings is 1. The average molecular weight is 373 g/mol. The van der Waals surface area contributed by atoms with Crippen molar-refractivity contribution in [2.24, 2.45) is 0 Å². The maximum Gasteiger partial charge on any atom is 0.262 e. The number of benzene rings is 2. The van der Waals surface area contributed by atoms with E-state index in [1.807, 2.05) is 24.3 Å². The molecule has 7 heteroatoms. The minimum Gasteiger partial charge on any atom is -0.482 e. The molecule has 1 atom stereocenters. The number of carbonyl (C=O) groups excluding carboxylic acids is 2. The first-order valence-corrected chi connectivity index (χ1v) is 8.71. The van der Waals surface area contributed by atoms with Crippen LogP contribution in [-0.4, -0.2) is 43.0 Å². The Bertz CT molecular complexity index is 853. The van der Waals surface area contributed by atoms with Gasteiger partial charge < -0.3 is 19.7 Å². The highest BCUT2D eigenvalue weighted by Gasteiger charge is 2.27. The molecule has 134 valence electrons. The molecule has 6 nitrogen and oxygen atoms in total. The van der Waals surface area contributed by atoms with Gasteiger partial charge in [-0.3, -0.25) is 9.59 Å². The third kappa shape index (κ3) is 3.38. The summed E-state index contributed by atoms with van der Waals surface area (Å²) in [6.07, 6.45) is -0.182. The maximum absolute atomic E-state index is 12.9. The van der Waals surface area contributed by atoms with Crippen LogP contribution in [0.5, 0.6) is 5.75 Å². The molecule has 2 aliphatic heterocycles. The highest BCUT2D eigenvalue weighted by Crippen LogP contribution is 2.30. The molecular weight excluding hydrogens is 356 g/mol. The van der Waals surface area contributed by atoms with Crippen molar-refractivity contribution in [2.45, 2.75) is 6.10 Å². The second-order valence-electron chi connectivity index (χ2n) is 6.21. The summed E-state index contributed by atoms with van der Waals surface area (Å²) in [4.78, 5) is 26.0. The van der Waals surface area contributed by atoms with Gasteiger partial charge in [0.1, 0.15) is 11.9 Å². The topological polar surface area (TPSA) is 67.9 Å². The quantitative estimate of drug-likeness (QED) is 0.880. The van der Waals surface area contributed by atoms with Gasteiger partial charge in [-0.25, -0.2) is 0 Å². The lowest BCUT2D eigenvalue weighted by Gasteiger charge is -2.33. The van der Waals surface area contributed by atoms with E-state index in [9.17, 15) is 9.59 Å². The van der Waals surface area contributed by atoms with Gasteiger partial charge in [-0.1, -0.05) is 23.7 Å². The lowest BCUT2D eigenvalue weighted by atomic mass is 10.1. The largest absolute Gasteiger partial charge is 0.482 e. The van der Waals surface area contributed by atoms with Crippen LogP contribution in [0.3, 0.4) is 0 Å². The number of amides is 2. The fourth-order valence-corrected chi connectivity index (χ4v) is 3.23. The Balaban J connectivity index is 1.51. The van der Waals surface area contributed by atoms with Gasteiger partial charge in [0.25, 0.3) is 11.8 Å². The molecule has 4 rings (SSSR count). The molecule has 0 radical (unpaired) electrons. The van der Waals surface area contributed by atoms with Crippen LogP contribution in [0.15, 0.2) is 42.5 Å². The summed E-state index contributed by atoms with van der Waals surface area (Å²) in [5.74, 6) is 0.226. The minimum absolute atomic E-state index is 0.0408. The van der Waals surface area contributed by atoms with E-state index in [0.29, 0.717) is 41.7 Å². The van der Waals surface area contributed by atoms with Gasteiger partial charge in [-0.05, 0) is 35.9 Å². The van der Waals surface area contributed by atoms with Gasteiger partial charge in [0.2, 0.25) is 0 Å². The number of halogens is 1. The normalized spacial score (nSPS) is 19.3. The van der Waals surface area contributed by atoms with Crippen LogP contribution in [0, 0.1) is 0 Å². The first-order valence-electron chi connectivity index (χ1n) is 8.33. The van der Waals surface area contributed by atoms with Gasteiger partial charge in [0.15, 0.2) is 6.61 Å². The summed E-state index contributed by atoms with van der Waals surface area (Å²) in [5.41, 5.74) is 2.10. The van der Waals surface area contributed by atoms with Crippen molar-refractivity contribution in [2.75, 3.05) is 31.6 Å². The Morgan fingerprint density at radius 2 is 2.00 bits per heavy atom. The number of ether oxygens (including phenoxy) is 2. The zero-order chi connectivity index (χ0) is 18.1. The molecule has 0 spiro atoms. The van der Waals surface area contributed by atoms with Crippen LogP contribution in [0.2, 0.25) is 5.02 Å². The number of nitrogens with zero attached hydrogens (tertiary/aromatic N) is 1. The van der Waals surface area contributed by atoms with Crippen molar-refractivity contribution < 1.29 is 19.1 Å². The highest BCUT2D eigenvalue weighted by atomic mass is 35.5. The van der Waals surface area contributed by atoms with Crippen LogP contribution in [-0.2, 0) is 9.53 Å². The fraction of sp³-hybridized carbons (Fsp3) is 0.263. The smallest absolute Gasteiger partial charge is 0.262 e. The van der Waals surface area contributed by atoms with Gasteiger partial charge in [0.05, 0.1) is 18.8 Å². The van der Waals surface area contributed by atoms with Gasteiger partial charge >= 0.3 is 0 Å². The van der Waals surface area contributed by atoms with Gasteiger partial charge in [-0.15, -0.1) is 0 Å².